The second kappa shape index (κ2) is 7.70. The number of halogens is 2. The number of aliphatic hydroxyl groups is 1. The maximum absolute atomic E-state index is 13.1. The van der Waals surface area contributed by atoms with Gasteiger partial charge in [0.05, 0.1) is 12.6 Å². The van der Waals surface area contributed by atoms with Crippen LogP contribution < -0.4 is 5.73 Å². The number of hydrogen-bond donors (Lipinski definition) is 2. The van der Waals surface area contributed by atoms with Gasteiger partial charge < -0.3 is 20.5 Å². The first-order chi connectivity index (χ1) is 10.5. The number of likely N-dealkylation sites (N-methyl/N-ethyl adjacent to an activating group) is 1. The van der Waals surface area contributed by atoms with Gasteiger partial charge in [0.25, 0.3) is 0 Å². The topological polar surface area (TPSA) is 75.8 Å². The lowest BCUT2D eigenvalue weighted by Crippen LogP contribution is -2.46. The Morgan fingerprint density at radius 2 is 1.83 bits per heavy atom. The van der Waals surface area contributed by atoms with Gasteiger partial charge in [0.15, 0.2) is 0 Å². The van der Waals surface area contributed by atoms with Gasteiger partial charge in [-0.1, -0.05) is 0 Å². The van der Waals surface area contributed by atoms with E-state index >= 15 is 0 Å². The minimum absolute atomic E-state index is 0.0477. The van der Waals surface area contributed by atoms with E-state index in [1.807, 2.05) is 0 Å². The summed E-state index contributed by atoms with van der Waals surface area (Å²) in [7, 11) is 1.48. The molecule has 0 aliphatic carbocycles. The van der Waals surface area contributed by atoms with Crippen LogP contribution in [0.15, 0.2) is 18.2 Å². The molecule has 130 valence electrons. The summed E-state index contributed by atoms with van der Waals surface area (Å²) in [4.78, 5) is 13.0. The Morgan fingerprint density at radius 1 is 1.30 bits per heavy atom. The highest BCUT2D eigenvalue weighted by atomic mass is 19.1. The minimum Gasteiger partial charge on any atom is -0.444 e. The van der Waals surface area contributed by atoms with Gasteiger partial charge >= 0.3 is 6.09 Å². The summed E-state index contributed by atoms with van der Waals surface area (Å²) in [6.45, 7) is 5.16. The third kappa shape index (κ3) is 6.92. The van der Waals surface area contributed by atoms with Crippen LogP contribution in [0, 0.1) is 11.6 Å². The second-order valence-corrected chi connectivity index (χ2v) is 6.57. The molecule has 0 heterocycles. The van der Waals surface area contributed by atoms with Crippen molar-refractivity contribution in [1.82, 2.24) is 4.90 Å². The van der Waals surface area contributed by atoms with Crippen LogP contribution in [-0.2, 0) is 11.2 Å². The Hall–Kier alpha value is -1.73. The monoisotopic (exact) mass is 330 g/mol. The summed E-state index contributed by atoms with van der Waals surface area (Å²) in [5.41, 5.74) is 5.55. The van der Waals surface area contributed by atoms with E-state index in [2.05, 4.69) is 0 Å². The number of benzene rings is 1. The van der Waals surface area contributed by atoms with Crippen molar-refractivity contribution in [2.45, 2.75) is 44.9 Å². The molecule has 1 amide bonds. The number of aliphatic hydroxyl groups excluding tert-OH is 1. The fraction of sp³-hybridized carbons (Fsp3) is 0.562. The summed E-state index contributed by atoms with van der Waals surface area (Å²) in [6, 6.07) is 2.31. The molecule has 2 atom stereocenters. The largest absolute Gasteiger partial charge is 0.444 e. The van der Waals surface area contributed by atoms with Crippen molar-refractivity contribution in [3.05, 3.63) is 35.4 Å². The highest BCUT2D eigenvalue weighted by Crippen LogP contribution is 2.12. The molecule has 0 aliphatic heterocycles. The number of nitrogens with two attached hydrogens (primary N) is 1. The Morgan fingerprint density at radius 3 is 2.30 bits per heavy atom. The van der Waals surface area contributed by atoms with Crippen molar-refractivity contribution in [2.24, 2.45) is 5.73 Å². The van der Waals surface area contributed by atoms with Crippen LogP contribution >= 0.6 is 0 Å². The lowest BCUT2D eigenvalue weighted by Gasteiger charge is -2.28. The molecule has 0 bridgehead atoms. The van der Waals surface area contributed by atoms with E-state index in [0.29, 0.717) is 5.56 Å². The molecule has 0 radical (unpaired) electrons. The summed E-state index contributed by atoms with van der Waals surface area (Å²) in [5, 5.41) is 10.1. The Bertz CT molecular complexity index is 526. The van der Waals surface area contributed by atoms with Gasteiger partial charge in [-0.25, -0.2) is 13.6 Å². The van der Waals surface area contributed by atoms with Crippen LogP contribution in [0.1, 0.15) is 26.3 Å². The standard InChI is InChI=1S/C16H24F2N2O3/c1-16(2,3)23-15(22)20(4)9-14(21)13(19)7-10-5-11(17)8-12(18)6-10/h5-6,8,13-14,21H,7,9,19H2,1-4H3. The second-order valence-electron chi connectivity index (χ2n) is 6.57. The Labute approximate surface area is 135 Å². The average Bonchev–Trinajstić information content (AvgIpc) is 2.34. The van der Waals surface area contributed by atoms with Crippen molar-refractivity contribution in [2.75, 3.05) is 13.6 Å². The smallest absolute Gasteiger partial charge is 0.410 e. The van der Waals surface area contributed by atoms with Crippen LogP contribution in [0.3, 0.4) is 0 Å². The molecule has 0 aliphatic rings. The zero-order valence-corrected chi connectivity index (χ0v) is 13.8. The summed E-state index contributed by atoms with van der Waals surface area (Å²) in [6.07, 6.45) is -1.56. The van der Waals surface area contributed by atoms with E-state index in [1.165, 1.54) is 11.9 Å². The zero-order valence-electron chi connectivity index (χ0n) is 13.8. The highest BCUT2D eigenvalue weighted by molar-refractivity contribution is 5.67. The third-order valence-electron chi connectivity index (χ3n) is 3.05. The SMILES string of the molecule is CN(CC(O)C(N)Cc1cc(F)cc(F)c1)C(=O)OC(C)(C)C. The fourth-order valence-electron chi connectivity index (χ4n) is 1.97. The van der Waals surface area contributed by atoms with Gasteiger partial charge in [-0.05, 0) is 44.9 Å². The molecule has 0 saturated carbocycles. The maximum atomic E-state index is 13.1. The summed E-state index contributed by atoms with van der Waals surface area (Å²) >= 11 is 0. The number of rotatable bonds is 5. The minimum atomic E-state index is -1.06. The van der Waals surface area contributed by atoms with Gasteiger partial charge in [0.1, 0.15) is 17.2 Å². The van der Waals surface area contributed by atoms with Crippen LogP contribution in [-0.4, -0.2) is 47.4 Å². The molecular formula is C16H24F2N2O3. The lowest BCUT2D eigenvalue weighted by atomic mass is 10.0. The van der Waals surface area contributed by atoms with Gasteiger partial charge in [0, 0.05) is 19.2 Å². The van der Waals surface area contributed by atoms with E-state index in [0.717, 1.165) is 18.2 Å². The van der Waals surface area contributed by atoms with Crippen molar-refractivity contribution < 1.29 is 23.4 Å². The molecule has 7 heteroatoms. The average molecular weight is 330 g/mol. The predicted molar refractivity (Wildman–Crippen MR) is 82.9 cm³/mol. The molecule has 1 aromatic rings. The molecule has 0 aromatic heterocycles. The van der Waals surface area contributed by atoms with E-state index in [-0.39, 0.29) is 13.0 Å². The molecule has 5 nitrogen and oxygen atoms in total. The zero-order chi connectivity index (χ0) is 17.8. The van der Waals surface area contributed by atoms with Gasteiger partial charge in [0.2, 0.25) is 0 Å². The first-order valence-electron chi connectivity index (χ1n) is 7.30. The van der Waals surface area contributed by atoms with Gasteiger partial charge in [-0.2, -0.15) is 0 Å². The summed E-state index contributed by atoms with van der Waals surface area (Å²) in [5.74, 6) is -1.40. The number of carbonyl (C=O) groups is 1. The Balaban J connectivity index is 2.59. The molecule has 23 heavy (non-hydrogen) atoms. The highest BCUT2D eigenvalue weighted by Gasteiger charge is 2.24. The quantitative estimate of drug-likeness (QED) is 0.866. The van der Waals surface area contributed by atoms with Crippen LogP contribution in [0.5, 0.6) is 0 Å². The summed E-state index contributed by atoms with van der Waals surface area (Å²) < 4.78 is 31.4. The third-order valence-corrected chi connectivity index (χ3v) is 3.05. The van der Waals surface area contributed by atoms with Crippen molar-refractivity contribution in [1.29, 1.82) is 0 Å². The van der Waals surface area contributed by atoms with Crippen molar-refractivity contribution >= 4 is 6.09 Å². The molecule has 1 aromatic carbocycles. The molecule has 1 rings (SSSR count). The first kappa shape index (κ1) is 19.3. The normalized spacial score (nSPS) is 14.3. The molecule has 0 spiro atoms. The molecule has 0 saturated heterocycles. The van der Waals surface area contributed by atoms with E-state index < -0.39 is 35.5 Å². The first-order valence-corrected chi connectivity index (χ1v) is 7.30. The number of ether oxygens (including phenoxy) is 1. The maximum Gasteiger partial charge on any atom is 0.410 e. The van der Waals surface area contributed by atoms with Crippen molar-refractivity contribution in [3.8, 4) is 0 Å². The number of nitrogens with zero attached hydrogens (tertiary/aromatic N) is 1. The fourth-order valence-corrected chi connectivity index (χ4v) is 1.97. The lowest BCUT2D eigenvalue weighted by molar-refractivity contribution is 0.0182. The molecule has 2 unspecified atom stereocenters. The Kier molecular flexibility index (Phi) is 6.47. The van der Waals surface area contributed by atoms with Gasteiger partial charge in [-0.3, -0.25) is 0 Å². The number of hydrogen-bond acceptors (Lipinski definition) is 4. The van der Waals surface area contributed by atoms with Gasteiger partial charge in [-0.15, -0.1) is 0 Å². The molecular weight excluding hydrogens is 306 g/mol. The van der Waals surface area contributed by atoms with E-state index in [1.54, 1.807) is 20.8 Å². The molecule has 0 fully saturated rings. The van der Waals surface area contributed by atoms with Crippen molar-refractivity contribution in [3.63, 3.8) is 0 Å². The van der Waals surface area contributed by atoms with Crippen LogP contribution in [0.25, 0.3) is 0 Å². The predicted octanol–water partition coefficient (Wildman–Crippen LogP) is 2.06. The van der Waals surface area contributed by atoms with Crippen LogP contribution in [0.4, 0.5) is 13.6 Å². The van der Waals surface area contributed by atoms with Crippen LogP contribution in [0.2, 0.25) is 0 Å². The number of carbonyl (C=O) groups excluding carboxylic acids is 1. The van der Waals surface area contributed by atoms with E-state index in [4.69, 9.17) is 10.5 Å². The number of amides is 1. The molecule has 3 N–H and O–H groups in total. The van der Waals surface area contributed by atoms with E-state index in [9.17, 15) is 18.7 Å².